The average Bonchev–Trinajstić information content (AvgIpc) is 2.49. The van der Waals surface area contributed by atoms with Crippen molar-refractivity contribution < 1.29 is 18.8 Å². The molecule has 106 valence electrons. The third kappa shape index (κ3) is 2.48. The number of Topliss-reactive ketones (excluding diaryl/α,β-unsaturated/α-hetero) is 1. The molecule has 1 unspecified atom stereocenters. The second-order valence-corrected chi connectivity index (χ2v) is 6.03. The minimum atomic E-state index is -0.00132. The highest BCUT2D eigenvalue weighted by atomic mass is 16.5. The maximum Gasteiger partial charge on any atom is 0.293 e. The lowest BCUT2D eigenvalue weighted by molar-refractivity contribution is -0.938. The van der Waals surface area contributed by atoms with Crippen LogP contribution >= 0.6 is 0 Å². The first-order valence-electron chi connectivity index (χ1n) is 7.25. The number of quaternary nitrogens is 1. The van der Waals surface area contributed by atoms with Crippen LogP contribution in [-0.4, -0.2) is 49.0 Å². The van der Waals surface area contributed by atoms with E-state index in [1.807, 2.05) is 30.3 Å². The zero-order valence-corrected chi connectivity index (χ0v) is 11.5. The molecule has 3 heterocycles. The summed E-state index contributed by atoms with van der Waals surface area (Å²) in [6, 6.07) is 9.46. The van der Waals surface area contributed by atoms with Crippen molar-refractivity contribution >= 4 is 12.3 Å². The summed E-state index contributed by atoms with van der Waals surface area (Å²) in [4.78, 5) is 23.0. The highest BCUT2D eigenvalue weighted by molar-refractivity contribution is 5.96. The van der Waals surface area contributed by atoms with Crippen molar-refractivity contribution in [1.29, 1.82) is 0 Å². The Kier molecular flexibility index (Phi) is 3.57. The molecule has 4 rings (SSSR count). The van der Waals surface area contributed by atoms with E-state index in [2.05, 4.69) is 0 Å². The molecule has 20 heavy (non-hydrogen) atoms. The number of rotatable bonds is 5. The number of fused-ring (bicyclic) bond motifs is 3. The number of carbonyl (C=O) groups is 2. The van der Waals surface area contributed by atoms with Crippen molar-refractivity contribution in [2.75, 3.05) is 26.2 Å². The Balaban J connectivity index is 1.72. The van der Waals surface area contributed by atoms with Crippen LogP contribution < -0.4 is 0 Å². The summed E-state index contributed by atoms with van der Waals surface area (Å²) in [5, 5.41) is 0. The van der Waals surface area contributed by atoms with Gasteiger partial charge in [-0.25, -0.2) is 0 Å². The Morgan fingerprint density at radius 3 is 2.60 bits per heavy atom. The summed E-state index contributed by atoms with van der Waals surface area (Å²) < 4.78 is 6.00. The van der Waals surface area contributed by atoms with Gasteiger partial charge in [-0.2, -0.15) is 0 Å². The van der Waals surface area contributed by atoms with Crippen molar-refractivity contribution in [1.82, 2.24) is 0 Å². The summed E-state index contributed by atoms with van der Waals surface area (Å²) in [5.74, 6) is 0.683. The molecular weight excluding hydrogens is 254 g/mol. The third-order valence-electron chi connectivity index (χ3n) is 4.85. The van der Waals surface area contributed by atoms with Gasteiger partial charge in [0.05, 0.1) is 13.1 Å². The fourth-order valence-electron chi connectivity index (χ4n) is 3.69. The minimum Gasteiger partial charge on any atom is -0.458 e. The number of carbonyl (C=O) groups excluding carboxylic acids is 2. The summed E-state index contributed by atoms with van der Waals surface area (Å²) in [6.45, 7) is 3.93. The summed E-state index contributed by atoms with van der Waals surface area (Å²) >= 11 is 0. The second-order valence-electron chi connectivity index (χ2n) is 6.03. The Morgan fingerprint density at radius 2 is 1.95 bits per heavy atom. The molecule has 4 heteroatoms. The highest BCUT2D eigenvalue weighted by Crippen LogP contribution is 2.35. The maximum absolute atomic E-state index is 12.4. The van der Waals surface area contributed by atoms with Gasteiger partial charge in [0.15, 0.2) is 6.10 Å². The molecule has 4 nitrogen and oxygen atoms in total. The molecule has 0 amide bonds. The van der Waals surface area contributed by atoms with Gasteiger partial charge in [-0.05, 0) is 0 Å². The number of benzene rings is 1. The minimum absolute atomic E-state index is 0.00132. The standard InChI is InChI=1S/C16H20NO3/c18-12-20-16-11-17(8-6-14(16)7-9-17)10-15(19)13-4-2-1-3-5-13/h1-5,12,14,16H,6-11H2/q+1. The Hall–Kier alpha value is -1.68. The molecule has 2 bridgehead atoms. The molecular formula is C16H20NO3+. The predicted molar refractivity (Wildman–Crippen MR) is 74.2 cm³/mol. The lowest BCUT2D eigenvalue weighted by Gasteiger charge is -2.51. The molecule has 0 saturated carbocycles. The first-order chi connectivity index (χ1) is 9.72. The Labute approximate surface area is 118 Å². The predicted octanol–water partition coefficient (Wildman–Crippen LogP) is 1.65. The quantitative estimate of drug-likeness (QED) is 0.466. The zero-order valence-electron chi connectivity index (χ0n) is 11.5. The van der Waals surface area contributed by atoms with Crippen molar-refractivity contribution in [3.8, 4) is 0 Å². The van der Waals surface area contributed by atoms with Crippen LogP contribution in [0.15, 0.2) is 30.3 Å². The number of piperidine rings is 3. The van der Waals surface area contributed by atoms with Gasteiger partial charge >= 0.3 is 0 Å². The van der Waals surface area contributed by atoms with E-state index in [0.29, 0.717) is 18.9 Å². The van der Waals surface area contributed by atoms with Crippen LogP contribution in [-0.2, 0) is 9.53 Å². The number of hydrogen-bond acceptors (Lipinski definition) is 3. The fourth-order valence-corrected chi connectivity index (χ4v) is 3.69. The summed E-state index contributed by atoms with van der Waals surface area (Å²) in [6.07, 6.45) is 2.11. The van der Waals surface area contributed by atoms with Gasteiger partial charge in [-0.15, -0.1) is 0 Å². The lowest BCUT2D eigenvalue weighted by Crippen LogP contribution is -2.65. The van der Waals surface area contributed by atoms with Crippen LogP contribution in [0.1, 0.15) is 23.2 Å². The smallest absolute Gasteiger partial charge is 0.293 e. The number of ether oxygens (including phenoxy) is 1. The van der Waals surface area contributed by atoms with E-state index in [0.717, 1.165) is 42.5 Å². The molecule has 1 aromatic rings. The van der Waals surface area contributed by atoms with E-state index in [4.69, 9.17) is 4.74 Å². The van der Waals surface area contributed by atoms with Crippen LogP contribution in [0.5, 0.6) is 0 Å². The molecule has 0 aromatic heterocycles. The van der Waals surface area contributed by atoms with Gasteiger partial charge in [-0.1, -0.05) is 30.3 Å². The maximum atomic E-state index is 12.4. The fraction of sp³-hybridized carbons (Fsp3) is 0.500. The van der Waals surface area contributed by atoms with Crippen LogP contribution in [0.3, 0.4) is 0 Å². The second kappa shape index (κ2) is 5.37. The van der Waals surface area contributed by atoms with Gasteiger partial charge in [0, 0.05) is 24.3 Å². The van der Waals surface area contributed by atoms with E-state index in [1.165, 1.54) is 0 Å². The summed E-state index contributed by atoms with van der Waals surface area (Å²) in [7, 11) is 0. The molecule has 1 aromatic carbocycles. The lowest BCUT2D eigenvalue weighted by atomic mass is 9.83. The topological polar surface area (TPSA) is 43.4 Å². The van der Waals surface area contributed by atoms with E-state index in [1.54, 1.807) is 0 Å². The SMILES string of the molecule is O=COC1C[N+]2(CC(=O)c3ccccc3)CCC1CC2. The highest BCUT2D eigenvalue weighted by Gasteiger charge is 2.47. The molecule has 3 aliphatic heterocycles. The van der Waals surface area contributed by atoms with Gasteiger partial charge in [0.1, 0.15) is 13.1 Å². The first-order valence-corrected chi connectivity index (χ1v) is 7.25. The van der Waals surface area contributed by atoms with Crippen LogP contribution in [0.25, 0.3) is 0 Å². The van der Waals surface area contributed by atoms with Crippen LogP contribution in [0.2, 0.25) is 0 Å². The molecule has 3 saturated heterocycles. The molecule has 0 radical (unpaired) electrons. The van der Waals surface area contributed by atoms with E-state index >= 15 is 0 Å². The largest absolute Gasteiger partial charge is 0.458 e. The van der Waals surface area contributed by atoms with Crippen molar-refractivity contribution in [3.05, 3.63) is 35.9 Å². The number of hydrogen-bond donors (Lipinski definition) is 0. The third-order valence-corrected chi connectivity index (χ3v) is 4.85. The van der Waals surface area contributed by atoms with Crippen molar-refractivity contribution in [3.63, 3.8) is 0 Å². The number of ketones is 1. The van der Waals surface area contributed by atoms with E-state index in [-0.39, 0.29) is 11.9 Å². The Bertz CT molecular complexity index is 492. The Morgan fingerprint density at radius 1 is 1.25 bits per heavy atom. The van der Waals surface area contributed by atoms with Gasteiger partial charge < -0.3 is 9.22 Å². The molecule has 3 aliphatic rings. The normalized spacial score (nSPS) is 31.8. The first kappa shape index (κ1) is 13.3. The molecule has 0 N–H and O–H groups in total. The molecule has 0 spiro atoms. The van der Waals surface area contributed by atoms with Gasteiger partial charge in [-0.3, -0.25) is 9.59 Å². The monoisotopic (exact) mass is 274 g/mol. The molecule has 3 fully saturated rings. The zero-order chi connectivity index (χ0) is 14.0. The van der Waals surface area contributed by atoms with Crippen molar-refractivity contribution in [2.24, 2.45) is 5.92 Å². The van der Waals surface area contributed by atoms with Gasteiger partial charge in [0.25, 0.3) is 6.47 Å². The van der Waals surface area contributed by atoms with Crippen molar-refractivity contribution in [2.45, 2.75) is 18.9 Å². The van der Waals surface area contributed by atoms with Crippen LogP contribution in [0, 0.1) is 5.92 Å². The molecule has 1 atom stereocenters. The van der Waals surface area contributed by atoms with Crippen LogP contribution in [0.4, 0.5) is 0 Å². The summed E-state index contributed by atoms with van der Waals surface area (Å²) in [5.41, 5.74) is 0.778. The average molecular weight is 274 g/mol. The van der Waals surface area contributed by atoms with E-state index in [9.17, 15) is 9.59 Å². The number of nitrogens with zero attached hydrogens (tertiary/aromatic N) is 1. The van der Waals surface area contributed by atoms with E-state index < -0.39 is 0 Å². The van der Waals surface area contributed by atoms with Gasteiger partial charge in [0.2, 0.25) is 5.78 Å². The molecule has 0 aliphatic carbocycles.